The van der Waals surface area contributed by atoms with Gasteiger partial charge in [0.15, 0.2) is 0 Å². The van der Waals surface area contributed by atoms with E-state index in [9.17, 15) is 0 Å². The molecule has 4 rings (SSSR count). The molecular weight excluding hydrogens is 212 g/mol. The number of rotatable bonds is 0. The van der Waals surface area contributed by atoms with Crippen LogP contribution in [-0.4, -0.2) is 16.2 Å². The summed E-state index contributed by atoms with van der Waals surface area (Å²) in [5.74, 6) is 1.04. The van der Waals surface area contributed by atoms with Crippen molar-refractivity contribution in [2.24, 2.45) is 0 Å². The number of hydrogen-bond acceptors (Lipinski definition) is 2. The molecule has 0 amide bonds. The van der Waals surface area contributed by atoms with E-state index in [4.69, 9.17) is 4.74 Å². The molecule has 0 aliphatic carbocycles. The van der Waals surface area contributed by atoms with Gasteiger partial charge >= 0.3 is 0 Å². The van der Waals surface area contributed by atoms with E-state index in [1.54, 1.807) is 0 Å². The van der Waals surface area contributed by atoms with Crippen LogP contribution in [0.5, 0.6) is 5.75 Å². The Labute approximate surface area is 100 Å². The lowest BCUT2D eigenvalue weighted by Gasteiger charge is -2.33. The summed E-state index contributed by atoms with van der Waals surface area (Å²) in [6.07, 6.45) is 6.30. The minimum atomic E-state index is 0.0470. The van der Waals surface area contributed by atoms with Crippen molar-refractivity contribution in [1.82, 2.24) is 9.55 Å². The predicted molar refractivity (Wildman–Crippen MR) is 64.2 cm³/mol. The summed E-state index contributed by atoms with van der Waals surface area (Å²) in [4.78, 5) is 4.30. The van der Waals surface area contributed by atoms with Gasteiger partial charge in [-0.1, -0.05) is 18.2 Å². The summed E-state index contributed by atoms with van der Waals surface area (Å²) in [6, 6.07) is 8.41. The maximum absolute atomic E-state index is 5.88. The normalized spacial score (nSPS) is 25.4. The fourth-order valence-corrected chi connectivity index (χ4v) is 3.26. The summed E-state index contributed by atoms with van der Waals surface area (Å²) >= 11 is 0. The Morgan fingerprint density at radius 2 is 2.24 bits per heavy atom. The van der Waals surface area contributed by atoms with Crippen molar-refractivity contribution in [2.75, 3.05) is 6.61 Å². The molecular formula is C14H14N2O. The van der Waals surface area contributed by atoms with Crippen molar-refractivity contribution in [1.29, 1.82) is 0 Å². The molecule has 2 aliphatic rings. The smallest absolute Gasteiger partial charge is 0.123 e. The van der Waals surface area contributed by atoms with E-state index in [0.717, 1.165) is 25.3 Å². The molecule has 0 N–H and O–H groups in total. The molecule has 1 unspecified atom stereocenters. The van der Waals surface area contributed by atoms with Gasteiger partial charge in [-0.25, -0.2) is 4.98 Å². The van der Waals surface area contributed by atoms with Crippen LogP contribution < -0.4 is 4.74 Å². The monoisotopic (exact) mass is 226 g/mol. The lowest BCUT2D eigenvalue weighted by Crippen LogP contribution is -2.35. The van der Waals surface area contributed by atoms with Crippen LogP contribution in [0.25, 0.3) is 0 Å². The predicted octanol–water partition coefficient (Wildman–Crippen LogP) is 2.36. The van der Waals surface area contributed by atoms with E-state index >= 15 is 0 Å². The summed E-state index contributed by atoms with van der Waals surface area (Å²) < 4.78 is 8.15. The highest BCUT2D eigenvalue weighted by molar-refractivity contribution is 5.49. The maximum Gasteiger partial charge on any atom is 0.123 e. The standard InChI is InChI=1S/C14H14N2O/c1-2-5-12-11(4-1)14(9-17-12)6-3-7-16-10-15-8-13(14)16/h1-2,4-5,8,10H,3,6-7,9H2. The average molecular weight is 226 g/mol. The molecule has 1 atom stereocenters. The first kappa shape index (κ1) is 9.28. The zero-order valence-electron chi connectivity index (χ0n) is 9.60. The molecule has 3 heterocycles. The Kier molecular flexibility index (Phi) is 1.71. The first-order valence-electron chi connectivity index (χ1n) is 6.13. The number of aryl methyl sites for hydroxylation is 1. The molecule has 2 aliphatic heterocycles. The van der Waals surface area contributed by atoms with Crippen molar-refractivity contribution in [3.8, 4) is 5.75 Å². The highest BCUT2D eigenvalue weighted by Crippen LogP contribution is 2.47. The van der Waals surface area contributed by atoms with Gasteiger partial charge < -0.3 is 9.30 Å². The number of fused-ring (bicyclic) bond motifs is 4. The van der Waals surface area contributed by atoms with E-state index < -0.39 is 0 Å². The third kappa shape index (κ3) is 1.09. The Bertz CT molecular complexity index is 575. The minimum absolute atomic E-state index is 0.0470. The quantitative estimate of drug-likeness (QED) is 0.689. The van der Waals surface area contributed by atoms with Gasteiger partial charge in [-0.05, 0) is 18.9 Å². The molecule has 3 heteroatoms. The second-order valence-electron chi connectivity index (χ2n) is 4.94. The Morgan fingerprint density at radius 3 is 3.24 bits per heavy atom. The molecule has 1 aromatic carbocycles. The Balaban J connectivity index is 1.97. The fraction of sp³-hybridized carbons (Fsp3) is 0.357. The summed E-state index contributed by atoms with van der Waals surface area (Å²) in [7, 11) is 0. The molecule has 2 aromatic rings. The topological polar surface area (TPSA) is 27.1 Å². The van der Waals surface area contributed by atoms with Crippen LogP contribution in [0.2, 0.25) is 0 Å². The number of nitrogens with zero attached hydrogens (tertiary/aromatic N) is 2. The van der Waals surface area contributed by atoms with Gasteiger partial charge in [0.05, 0.1) is 17.4 Å². The van der Waals surface area contributed by atoms with E-state index in [2.05, 4.69) is 27.8 Å². The molecule has 0 saturated carbocycles. The van der Waals surface area contributed by atoms with Gasteiger partial charge in [-0.15, -0.1) is 0 Å². The van der Waals surface area contributed by atoms with E-state index in [-0.39, 0.29) is 5.41 Å². The van der Waals surface area contributed by atoms with Gasteiger partial charge in [0, 0.05) is 18.3 Å². The number of aromatic nitrogens is 2. The van der Waals surface area contributed by atoms with Gasteiger partial charge in [0.25, 0.3) is 0 Å². The third-order valence-corrected chi connectivity index (χ3v) is 4.08. The third-order valence-electron chi connectivity index (χ3n) is 4.08. The van der Waals surface area contributed by atoms with Crippen molar-refractivity contribution < 1.29 is 4.74 Å². The molecule has 17 heavy (non-hydrogen) atoms. The molecule has 3 nitrogen and oxygen atoms in total. The van der Waals surface area contributed by atoms with Crippen LogP contribution in [-0.2, 0) is 12.0 Å². The molecule has 1 spiro atoms. The summed E-state index contributed by atoms with van der Waals surface area (Å²) in [5, 5.41) is 0. The van der Waals surface area contributed by atoms with Gasteiger partial charge in [-0.3, -0.25) is 0 Å². The van der Waals surface area contributed by atoms with Crippen LogP contribution >= 0.6 is 0 Å². The number of hydrogen-bond donors (Lipinski definition) is 0. The maximum atomic E-state index is 5.88. The largest absolute Gasteiger partial charge is 0.492 e. The highest BCUT2D eigenvalue weighted by atomic mass is 16.5. The van der Waals surface area contributed by atoms with Crippen molar-refractivity contribution in [3.05, 3.63) is 48.0 Å². The van der Waals surface area contributed by atoms with Crippen LogP contribution in [0.15, 0.2) is 36.8 Å². The first-order valence-corrected chi connectivity index (χ1v) is 6.13. The number of benzene rings is 1. The van der Waals surface area contributed by atoms with Crippen molar-refractivity contribution >= 4 is 0 Å². The van der Waals surface area contributed by atoms with Crippen LogP contribution in [0.4, 0.5) is 0 Å². The van der Waals surface area contributed by atoms with Gasteiger partial charge in [0.2, 0.25) is 0 Å². The minimum Gasteiger partial charge on any atom is -0.492 e. The molecule has 1 aromatic heterocycles. The zero-order chi connectivity index (χ0) is 11.3. The average Bonchev–Trinajstić information content (AvgIpc) is 2.97. The van der Waals surface area contributed by atoms with E-state index in [1.807, 2.05) is 18.6 Å². The molecule has 0 fully saturated rings. The second kappa shape index (κ2) is 3.13. The zero-order valence-corrected chi connectivity index (χ0v) is 9.60. The lowest BCUT2D eigenvalue weighted by molar-refractivity contribution is 0.253. The molecule has 0 radical (unpaired) electrons. The Morgan fingerprint density at radius 1 is 1.29 bits per heavy atom. The lowest BCUT2D eigenvalue weighted by atomic mass is 9.74. The van der Waals surface area contributed by atoms with Crippen molar-refractivity contribution in [2.45, 2.75) is 24.8 Å². The summed E-state index contributed by atoms with van der Waals surface area (Å²) in [5.41, 5.74) is 2.70. The number of ether oxygens (including phenoxy) is 1. The van der Waals surface area contributed by atoms with Crippen LogP contribution in [0.1, 0.15) is 24.1 Å². The molecule has 0 bridgehead atoms. The number of para-hydroxylation sites is 1. The molecule has 0 saturated heterocycles. The first-order chi connectivity index (χ1) is 8.40. The van der Waals surface area contributed by atoms with E-state index in [0.29, 0.717) is 0 Å². The van der Waals surface area contributed by atoms with Gasteiger partial charge in [-0.2, -0.15) is 0 Å². The van der Waals surface area contributed by atoms with Gasteiger partial charge in [0.1, 0.15) is 12.4 Å². The Hall–Kier alpha value is -1.77. The van der Waals surface area contributed by atoms with Crippen LogP contribution in [0.3, 0.4) is 0 Å². The number of imidazole rings is 1. The highest BCUT2D eigenvalue weighted by Gasteiger charge is 2.45. The summed E-state index contributed by atoms with van der Waals surface area (Å²) in [6.45, 7) is 1.84. The van der Waals surface area contributed by atoms with Crippen LogP contribution in [0, 0.1) is 0 Å². The van der Waals surface area contributed by atoms with E-state index in [1.165, 1.54) is 17.7 Å². The molecule has 86 valence electrons. The SMILES string of the molecule is c1ccc2c(c1)OCC21CCCn2cncc21. The van der Waals surface area contributed by atoms with Crippen molar-refractivity contribution in [3.63, 3.8) is 0 Å². The second-order valence-corrected chi connectivity index (χ2v) is 4.94. The fourth-order valence-electron chi connectivity index (χ4n) is 3.26.